The van der Waals surface area contributed by atoms with E-state index in [0.717, 1.165) is 11.3 Å². The molecule has 1 aliphatic heterocycles. The van der Waals surface area contributed by atoms with Crippen LogP contribution in [0.4, 0.5) is 0 Å². The maximum absolute atomic E-state index is 11.8. The Kier molecular flexibility index (Phi) is 3.69. The molecule has 0 aliphatic carbocycles. The number of nitrogens with zero attached hydrogens (tertiary/aromatic N) is 2. The Labute approximate surface area is 113 Å². The van der Waals surface area contributed by atoms with Gasteiger partial charge in [-0.05, 0) is 25.0 Å². The minimum Gasteiger partial charge on any atom is -0.461 e. The van der Waals surface area contributed by atoms with E-state index in [1.165, 1.54) is 10.6 Å². The van der Waals surface area contributed by atoms with Crippen LogP contribution >= 0.6 is 0 Å². The number of rotatable bonds is 3. The lowest BCUT2D eigenvalue weighted by Gasteiger charge is -2.25. The third-order valence-electron chi connectivity index (χ3n) is 3.36. The van der Waals surface area contributed by atoms with E-state index in [1.807, 2.05) is 0 Å². The summed E-state index contributed by atoms with van der Waals surface area (Å²) in [6.45, 7) is 2.85. The maximum atomic E-state index is 11.8. The lowest BCUT2D eigenvalue weighted by atomic mass is 10.1. The predicted octanol–water partition coefficient (Wildman–Crippen LogP) is 0.519. The zero-order chi connectivity index (χ0) is 14.2. The molecule has 1 aliphatic rings. The van der Waals surface area contributed by atoms with Crippen molar-refractivity contribution >= 4 is 16.0 Å². The Bertz CT molecular complexity index is 603. The van der Waals surface area contributed by atoms with Crippen LogP contribution in [-0.4, -0.2) is 42.7 Å². The van der Waals surface area contributed by atoms with Gasteiger partial charge in [-0.1, -0.05) is 0 Å². The van der Waals surface area contributed by atoms with Crippen molar-refractivity contribution in [3.8, 4) is 0 Å². The summed E-state index contributed by atoms with van der Waals surface area (Å²) in [7, 11) is -1.44. The maximum Gasteiger partial charge on any atom is 0.354 e. The first-order chi connectivity index (χ1) is 8.84. The first kappa shape index (κ1) is 14.1. The highest BCUT2D eigenvalue weighted by molar-refractivity contribution is 7.88. The second-order valence-electron chi connectivity index (χ2n) is 4.63. The van der Waals surface area contributed by atoms with E-state index in [2.05, 4.69) is 0 Å². The molecule has 19 heavy (non-hydrogen) atoms. The lowest BCUT2D eigenvalue weighted by Crippen LogP contribution is -2.35. The molecule has 1 aromatic rings. The summed E-state index contributed by atoms with van der Waals surface area (Å²) in [6, 6.07) is 1.80. The van der Waals surface area contributed by atoms with E-state index in [1.54, 1.807) is 24.6 Å². The van der Waals surface area contributed by atoms with Gasteiger partial charge in [0.25, 0.3) is 0 Å². The molecule has 1 aromatic heterocycles. The molecule has 0 radical (unpaired) electrons. The number of aromatic nitrogens is 1. The smallest absolute Gasteiger partial charge is 0.354 e. The third kappa shape index (κ3) is 2.66. The monoisotopic (exact) mass is 286 g/mol. The average molecular weight is 286 g/mol. The molecule has 0 amide bonds. The summed E-state index contributed by atoms with van der Waals surface area (Å²) in [6.07, 6.45) is 1.82. The number of hydrogen-bond donors (Lipinski definition) is 0. The Balaban J connectivity index is 2.33. The number of carbonyl (C=O) groups excluding carboxylic acids is 1. The van der Waals surface area contributed by atoms with Crippen LogP contribution in [0.5, 0.6) is 0 Å². The summed E-state index contributed by atoms with van der Waals surface area (Å²) in [5, 5.41) is 0. The van der Waals surface area contributed by atoms with Crippen LogP contribution in [0.1, 0.15) is 28.7 Å². The molecule has 0 fully saturated rings. The summed E-state index contributed by atoms with van der Waals surface area (Å²) >= 11 is 0. The van der Waals surface area contributed by atoms with Gasteiger partial charge in [0.15, 0.2) is 0 Å². The molecule has 0 unspecified atom stereocenters. The van der Waals surface area contributed by atoms with Gasteiger partial charge in [0.1, 0.15) is 5.69 Å². The van der Waals surface area contributed by atoms with Gasteiger partial charge in [0.2, 0.25) is 10.0 Å². The van der Waals surface area contributed by atoms with E-state index in [9.17, 15) is 13.2 Å². The number of hydrogen-bond acceptors (Lipinski definition) is 4. The van der Waals surface area contributed by atoms with E-state index < -0.39 is 10.0 Å². The Hall–Kier alpha value is -1.34. The standard InChI is InChI=1S/C12H18N2O4S/c1-4-18-12(15)10-7-9-5-6-14(19(3,16)17)8-11(9)13(10)2/h7H,4-6,8H2,1-3H3. The van der Waals surface area contributed by atoms with Crippen molar-refractivity contribution < 1.29 is 17.9 Å². The molecule has 0 saturated carbocycles. The Morgan fingerprint density at radius 2 is 2.16 bits per heavy atom. The fourth-order valence-corrected chi connectivity index (χ4v) is 3.08. The summed E-state index contributed by atoms with van der Waals surface area (Å²) in [5.41, 5.74) is 2.35. The largest absolute Gasteiger partial charge is 0.461 e. The van der Waals surface area contributed by atoms with Crippen molar-refractivity contribution in [2.75, 3.05) is 19.4 Å². The van der Waals surface area contributed by atoms with Gasteiger partial charge in [-0.3, -0.25) is 0 Å². The molecule has 6 nitrogen and oxygen atoms in total. The van der Waals surface area contributed by atoms with E-state index >= 15 is 0 Å². The summed E-state index contributed by atoms with van der Waals surface area (Å²) < 4.78 is 31.3. The van der Waals surface area contributed by atoms with Crippen LogP contribution in [-0.2, 0) is 34.8 Å². The van der Waals surface area contributed by atoms with E-state index in [-0.39, 0.29) is 5.97 Å². The summed E-state index contributed by atoms with van der Waals surface area (Å²) in [4.78, 5) is 11.8. The van der Waals surface area contributed by atoms with Crippen LogP contribution in [0.3, 0.4) is 0 Å². The quantitative estimate of drug-likeness (QED) is 0.760. The van der Waals surface area contributed by atoms with Crippen molar-refractivity contribution in [3.63, 3.8) is 0 Å². The van der Waals surface area contributed by atoms with Crippen molar-refractivity contribution in [2.45, 2.75) is 19.9 Å². The molecule has 0 saturated heterocycles. The second kappa shape index (κ2) is 4.97. The van der Waals surface area contributed by atoms with Crippen LogP contribution in [0.15, 0.2) is 6.07 Å². The zero-order valence-electron chi connectivity index (χ0n) is 11.3. The molecule has 2 rings (SSSR count). The van der Waals surface area contributed by atoms with Crippen molar-refractivity contribution in [1.82, 2.24) is 8.87 Å². The minimum absolute atomic E-state index is 0.310. The molecule has 0 bridgehead atoms. The average Bonchev–Trinajstić information content (AvgIpc) is 2.66. The molecule has 0 aromatic carbocycles. The predicted molar refractivity (Wildman–Crippen MR) is 70.3 cm³/mol. The van der Waals surface area contributed by atoms with Gasteiger partial charge in [-0.2, -0.15) is 4.31 Å². The summed E-state index contributed by atoms with van der Waals surface area (Å²) in [5.74, 6) is -0.370. The SMILES string of the molecule is CCOC(=O)c1cc2c(n1C)CN(S(C)(=O)=O)CC2. The van der Waals surface area contributed by atoms with Crippen LogP contribution in [0.25, 0.3) is 0 Å². The number of esters is 1. The van der Waals surface area contributed by atoms with Gasteiger partial charge < -0.3 is 9.30 Å². The van der Waals surface area contributed by atoms with Gasteiger partial charge in [-0.25, -0.2) is 13.2 Å². The minimum atomic E-state index is -3.20. The molecule has 0 atom stereocenters. The molecule has 106 valence electrons. The van der Waals surface area contributed by atoms with Gasteiger partial charge >= 0.3 is 5.97 Å². The molecule has 0 spiro atoms. The van der Waals surface area contributed by atoms with Crippen LogP contribution in [0, 0.1) is 0 Å². The van der Waals surface area contributed by atoms with Crippen LogP contribution < -0.4 is 0 Å². The first-order valence-electron chi connectivity index (χ1n) is 6.14. The normalized spacial score (nSPS) is 16.2. The number of carbonyl (C=O) groups is 1. The second-order valence-corrected chi connectivity index (χ2v) is 6.61. The highest BCUT2D eigenvalue weighted by Crippen LogP contribution is 2.24. The molecule has 0 N–H and O–H groups in total. The Morgan fingerprint density at radius 3 is 2.74 bits per heavy atom. The molecular weight excluding hydrogens is 268 g/mol. The first-order valence-corrected chi connectivity index (χ1v) is 7.99. The van der Waals surface area contributed by atoms with E-state index in [4.69, 9.17) is 4.74 Å². The molecule has 2 heterocycles. The van der Waals surface area contributed by atoms with E-state index in [0.29, 0.717) is 31.8 Å². The van der Waals surface area contributed by atoms with Crippen LogP contribution in [0.2, 0.25) is 0 Å². The lowest BCUT2D eigenvalue weighted by molar-refractivity contribution is 0.0515. The number of sulfonamides is 1. The van der Waals surface area contributed by atoms with Gasteiger partial charge in [0, 0.05) is 19.3 Å². The van der Waals surface area contributed by atoms with Gasteiger partial charge in [-0.15, -0.1) is 0 Å². The highest BCUT2D eigenvalue weighted by atomic mass is 32.2. The fourth-order valence-electron chi connectivity index (χ4n) is 2.31. The highest BCUT2D eigenvalue weighted by Gasteiger charge is 2.28. The molecular formula is C12H18N2O4S. The van der Waals surface area contributed by atoms with Crippen molar-refractivity contribution in [3.05, 3.63) is 23.0 Å². The fraction of sp³-hybridized carbons (Fsp3) is 0.583. The topological polar surface area (TPSA) is 68.6 Å². The molecule has 7 heteroatoms. The van der Waals surface area contributed by atoms with Crippen molar-refractivity contribution in [1.29, 1.82) is 0 Å². The van der Waals surface area contributed by atoms with Crippen molar-refractivity contribution in [2.24, 2.45) is 7.05 Å². The Morgan fingerprint density at radius 1 is 1.47 bits per heavy atom. The number of ether oxygens (including phenoxy) is 1. The zero-order valence-corrected chi connectivity index (χ0v) is 12.2. The third-order valence-corrected chi connectivity index (χ3v) is 4.61. The number of fused-ring (bicyclic) bond motifs is 1. The van der Waals surface area contributed by atoms with Gasteiger partial charge in [0.05, 0.1) is 19.4 Å².